The molecule has 0 heterocycles. The molecule has 35 heavy (non-hydrogen) atoms. The smallest absolute Gasteiger partial charge is 0.253 e. The summed E-state index contributed by atoms with van der Waals surface area (Å²) in [5.41, 5.74) is 2.64. The van der Waals surface area contributed by atoms with Gasteiger partial charge < -0.3 is 10.6 Å². The Labute approximate surface area is 211 Å². The van der Waals surface area contributed by atoms with E-state index in [2.05, 4.69) is 10.6 Å². The van der Waals surface area contributed by atoms with Crippen LogP contribution >= 0.6 is 11.6 Å². The van der Waals surface area contributed by atoms with E-state index in [1.807, 2.05) is 30.3 Å². The average Bonchev–Trinajstić information content (AvgIpc) is 2.81. The number of hydrogen-bond acceptors (Lipinski definition) is 4. The van der Waals surface area contributed by atoms with Crippen molar-refractivity contribution in [2.24, 2.45) is 0 Å². The first kappa shape index (κ1) is 26.2. The third-order valence-electron chi connectivity index (χ3n) is 5.47. The van der Waals surface area contributed by atoms with E-state index in [0.717, 1.165) is 16.1 Å². The highest BCUT2D eigenvalue weighted by Crippen LogP contribution is 2.29. The summed E-state index contributed by atoms with van der Waals surface area (Å²) in [6, 6.07) is 20.1. The normalized spacial score (nSPS) is 12.0. The molecular formula is C26H28ClN3O4S. The van der Waals surface area contributed by atoms with Crippen molar-refractivity contribution in [3.8, 4) is 0 Å². The summed E-state index contributed by atoms with van der Waals surface area (Å²) in [5.74, 6) is -0.922. The molecule has 7 nitrogen and oxygen atoms in total. The molecule has 0 aromatic heterocycles. The van der Waals surface area contributed by atoms with Crippen LogP contribution in [0, 0.1) is 6.92 Å². The second kappa shape index (κ2) is 11.4. The van der Waals surface area contributed by atoms with Gasteiger partial charge in [0.05, 0.1) is 23.2 Å². The number of anilines is 2. The molecule has 3 aromatic rings. The highest BCUT2D eigenvalue weighted by Gasteiger charge is 2.31. The number of carbonyl (C=O) groups is 2. The van der Waals surface area contributed by atoms with Gasteiger partial charge >= 0.3 is 0 Å². The Morgan fingerprint density at radius 1 is 1.00 bits per heavy atom. The van der Waals surface area contributed by atoms with Crippen LogP contribution in [0.2, 0.25) is 5.02 Å². The van der Waals surface area contributed by atoms with E-state index in [1.54, 1.807) is 43.3 Å². The number of aryl methyl sites for hydroxylation is 1. The lowest BCUT2D eigenvalue weighted by molar-refractivity contribution is -0.116. The number of amides is 2. The summed E-state index contributed by atoms with van der Waals surface area (Å²) in [4.78, 5) is 26.0. The van der Waals surface area contributed by atoms with Crippen LogP contribution in [0.3, 0.4) is 0 Å². The third-order valence-corrected chi connectivity index (χ3v) is 6.93. The van der Waals surface area contributed by atoms with Crippen LogP contribution in [0.15, 0.2) is 72.8 Å². The molecule has 0 aliphatic carbocycles. The first-order valence-electron chi connectivity index (χ1n) is 11.1. The van der Waals surface area contributed by atoms with Gasteiger partial charge in [0.25, 0.3) is 5.91 Å². The van der Waals surface area contributed by atoms with Crippen LogP contribution < -0.4 is 14.9 Å². The van der Waals surface area contributed by atoms with Crippen LogP contribution in [-0.4, -0.2) is 39.1 Å². The molecule has 1 atom stereocenters. The van der Waals surface area contributed by atoms with Crippen LogP contribution in [-0.2, 0) is 21.2 Å². The molecule has 0 bridgehead atoms. The SMILES string of the molecule is Cc1ccc(Cl)cc1N([C@@H](C)C(=O)Nc1ccccc1C(=O)NCCc1ccccc1)S(C)(=O)=O. The van der Waals surface area contributed by atoms with Gasteiger partial charge in [-0.15, -0.1) is 0 Å². The van der Waals surface area contributed by atoms with Crippen molar-refractivity contribution in [2.45, 2.75) is 26.3 Å². The number of nitrogens with one attached hydrogen (secondary N) is 2. The fourth-order valence-electron chi connectivity index (χ4n) is 3.69. The molecule has 0 radical (unpaired) electrons. The number of rotatable bonds is 9. The molecular weight excluding hydrogens is 486 g/mol. The van der Waals surface area contributed by atoms with E-state index in [-0.39, 0.29) is 17.2 Å². The van der Waals surface area contributed by atoms with Gasteiger partial charge in [-0.25, -0.2) is 8.42 Å². The number of para-hydroxylation sites is 1. The second-order valence-corrected chi connectivity index (χ2v) is 10.5. The fourth-order valence-corrected chi connectivity index (χ4v) is 5.08. The van der Waals surface area contributed by atoms with Crippen LogP contribution in [0.4, 0.5) is 11.4 Å². The summed E-state index contributed by atoms with van der Waals surface area (Å²) in [7, 11) is -3.82. The van der Waals surface area contributed by atoms with Crippen molar-refractivity contribution in [3.05, 3.63) is 94.5 Å². The van der Waals surface area contributed by atoms with Gasteiger partial charge in [0.1, 0.15) is 6.04 Å². The Balaban J connectivity index is 1.77. The lowest BCUT2D eigenvalue weighted by atomic mass is 10.1. The molecule has 0 fully saturated rings. The van der Waals surface area contributed by atoms with Gasteiger partial charge in [-0.3, -0.25) is 13.9 Å². The summed E-state index contributed by atoms with van der Waals surface area (Å²) in [5, 5.41) is 5.93. The number of carbonyl (C=O) groups excluding carboxylic acids is 2. The topological polar surface area (TPSA) is 95.6 Å². The van der Waals surface area contributed by atoms with Crippen LogP contribution in [0.25, 0.3) is 0 Å². The van der Waals surface area contributed by atoms with Gasteiger partial charge in [0.15, 0.2) is 0 Å². The van der Waals surface area contributed by atoms with E-state index in [9.17, 15) is 18.0 Å². The van der Waals surface area contributed by atoms with Gasteiger partial charge in [-0.05, 0) is 55.7 Å². The lowest BCUT2D eigenvalue weighted by Gasteiger charge is -2.29. The van der Waals surface area contributed by atoms with Gasteiger partial charge in [0.2, 0.25) is 15.9 Å². The zero-order valence-corrected chi connectivity index (χ0v) is 21.4. The molecule has 0 saturated heterocycles. The van der Waals surface area contributed by atoms with Gasteiger partial charge in [-0.2, -0.15) is 0 Å². The standard InChI is InChI=1S/C26H28ClN3O4S/c1-18-13-14-21(27)17-24(18)30(35(3,33)34)19(2)25(31)29-23-12-8-7-11-22(23)26(32)28-16-15-20-9-5-4-6-10-20/h4-14,17,19H,15-16H2,1-3H3,(H,28,32)(H,29,31)/t19-/m0/s1. The molecule has 3 rings (SSSR count). The van der Waals surface area contributed by atoms with Gasteiger partial charge in [-0.1, -0.05) is 60.1 Å². The molecule has 0 aliphatic heterocycles. The number of benzene rings is 3. The molecule has 2 N–H and O–H groups in total. The molecule has 184 valence electrons. The maximum atomic E-state index is 13.2. The Hall–Kier alpha value is -3.36. The molecule has 0 aliphatic rings. The summed E-state index contributed by atoms with van der Waals surface area (Å²) < 4.78 is 26.3. The fraction of sp³-hybridized carbons (Fsp3) is 0.231. The Morgan fingerprint density at radius 2 is 1.66 bits per heavy atom. The van der Waals surface area contributed by atoms with Crippen LogP contribution in [0.1, 0.15) is 28.4 Å². The monoisotopic (exact) mass is 513 g/mol. The quantitative estimate of drug-likeness (QED) is 0.443. The van der Waals surface area contributed by atoms with Crippen molar-refractivity contribution in [3.63, 3.8) is 0 Å². The molecule has 3 aromatic carbocycles. The van der Waals surface area contributed by atoms with Crippen molar-refractivity contribution >= 4 is 44.8 Å². The van der Waals surface area contributed by atoms with Crippen LogP contribution in [0.5, 0.6) is 0 Å². The second-order valence-electron chi connectivity index (χ2n) is 8.19. The first-order valence-corrected chi connectivity index (χ1v) is 13.3. The van der Waals surface area contributed by atoms with Crippen molar-refractivity contribution < 1.29 is 18.0 Å². The molecule has 2 amide bonds. The Morgan fingerprint density at radius 3 is 2.34 bits per heavy atom. The highest BCUT2D eigenvalue weighted by molar-refractivity contribution is 7.92. The highest BCUT2D eigenvalue weighted by atomic mass is 35.5. The summed E-state index contributed by atoms with van der Waals surface area (Å²) in [6.07, 6.45) is 1.70. The minimum atomic E-state index is -3.82. The van der Waals surface area contributed by atoms with Crippen molar-refractivity contribution in [1.82, 2.24) is 5.32 Å². The Kier molecular flexibility index (Phi) is 8.53. The number of nitrogens with zero attached hydrogens (tertiary/aromatic N) is 1. The zero-order valence-electron chi connectivity index (χ0n) is 19.8. The number of hydrogen-bond donors (Lipinski definition) is 2. The predicted octanol–water partition coefficient (Wildman–Crippen LogP) is 4.41. The van der Waals surface area contributed by atoms with E-state index in [1.165, 1.54) is 13.0 Å². The van der Waals surface area contributed by atoms with E-state index < -0.39 is 22.0 Å². The number of sulfonamides is 1. The Bertz CT molecular complexity index is 1310. The molecule has 0 spiro atoms. The summed E-state index contributed by atoms with van der Waals surface area (Å²) >= 11 is 6.09. The third kappa shape index (κ3) is 6.83. The molecule has 0 saturated carbocycles. The predicted molar refractivity (Wildman–Crippen MR) is 141 cm³/mol. The van der Waals surface area contributed by atoms with E-state index >= 15 is 0 Å². The maximum absolute atomic E-state index is 13.2. The minimum absolute atomic E-state index is 0.283. The lowest BCUT2D eigenvalue weighted by Crippen LogP contribution is -2.46. The number of halogens is 1. The van der Waals surface area contributed by atoms with Crippen molar-refractivity contribution in [2.75, 3.05) is 22.4 Å². The minimum Gasteiger partial charge on any atom is -0.352 e. The first-order chi connectivity index (χ1) is 16.6. The van der Waals surface area contributed by atoms with E-state index in [4.69, 9.17) is 11.6 Å². The van der Waals surface area contributed by atoms with Gasteiger partial charge in [0, 0.05) is 11.6 Å². The molecule has 0 unspecified atom stereocenters. The largest absolute Gasteiger partial charge is 0.352 e. The summed E-state index contributed by atoms with van der Waals surface area (Å²) in [6.45, 7) is 3.65. The van der Waals surface area contributed by atoms with Crippen molar-refractivity contribution in [1.29, 1.82) is 0 Å². The molecule has 9 heteroatoms. The zero-order chi connectivity index (χ0) is 25.6. The average molecular weight is 514 g/mol. The van der Waals surface area contributed by atoms with E-state index in [0.29, 0.717) is 29.2 Å². The maximum Gasteiger partial charge on any atom is 0.253 e.